The lowest BCUT2D eigenvalue weighted by Crippen LogP contribution is -2.52. The molecule has 0 saturated heterocycles. The smallest absolute Gasteiger partial charge is 0.261 e. The van der Waals surface area contributed by atoms with Crippen molar-refractivity contribution in [1.82, 2.24) is 10.2 Å². The maximum Gasteiger partial charge on any atom is 0.261 e. The highest BCUT2D eigenvalue weighted by atomic mass is 16.5. The minimum Gasteiger partial charge on any atom is -0.484 e. The van der Waals surface area contributed by atoms with E-state index < -0.39 is 6.04 Å². The third kappa shape index (κ3) is 6.09. The second-order valence-corrected chi connectivity index (χ2v) is 8.03. The van der Waals surface area contributed by atoms with Crippen LogP contribution in [0.1, 0.15) is 50.2 Å². The summed E-state index contributed by atoms with van der Waals surface area (Å²) < 4.78 is 5.70. The molecule has 30 heavy (non-hydrogen) atoms. The van der Waals surface area contributed by atoms with Gasteiger partial charge in [-0.3, -0.25) is 9.59 Å². The van der Waals surface area contributed by atoms with Gasteiger partial charge in [0.25, 0.3) is 5.91 Å². The lowest BCUT2D eigenvalue weighted by molar-refractivity contribution is -0.143. The number of nitrogens with zero attached hydrogens (tertiary/aromatic N) is 1. The number of carbonyl (C=O) groups is 2. The highest BCUT2D eigenvalue weighted by Crippen LogP contribution is 2.20. The molecule has 1 saturated carbocycles. The van der Waals surface area contributed by atoms with Crippen molar-refractivity contribution in [1.29, 1.82) is 0 Å². The Hall–Kier alpha value is -2.82. The molecule has 0 aromatic heterocycles. The first-order chi connectivity index (χ1) is 14.6. The lowest BCUT2D eigenvalue weighted by atomic mass is 10.1. The molecule has 2 amide bonds. The van der Waals surface area contributed by atoms with E-state index >= 15 is 0 Å². The predicted molar refractivity (Wildman–Crippen MR) is 118 cm³/mol. The summed E-state index contributed by atoms with van der Waals surface area (Å²) in [4.78, 5) is 27.9. The van der Waals surface area contributed by atoms with Crippen LogP contribution in [0.15, 0.2) is 54.6 Å². The van der Waals surface area contributed by atoms with Gasteiger partial charge in [-0.15, -0.1) is 0 Å². The van der Waals surface area contributed by atoms with E-state index in [4.69, 9.17) is 4.74 Å². The number of hydrogen-bond acceptors (Lipinski definition) is 3. The third-order valence-electron chi connectivity index (χ3n) is 5.63. The van der Waals surface area contributed by atoms with Crippen molar-refractivity contribution < 1.29 is 14.3 Å². The maximum absolute atomic E-state index is 13.2. The second-order valence-electron chi connectivity index (χ2n) is 8.03. The van der Waals surface area contributed by atoms with E-state index in [1.54, 1.807) is 4.90 Å². The Balaban J connectivity index is 1.75. The molecule has 1 atom stereocenters. The highest BCUT2D eigenvalue weighted by Gasteiger charge is 2.30. The number of benzene rings is 2. The highest BCUT2D eigenvalue weighted by molar-refractivity contribution is 5.88. The molecule has 1 N–H and O–H groups in total. The van der Waals surface area contributed by atoms with E-state index in [1.807, 2.05) is 62.4 Å². The number of rotatable bonds is 9. The number of aryl methyl sites for hydroxylation is 1. The van der Waals surface area contributed by atoms with E-state index in [1.165, 1.54) is 0 Å². The van der Waals surface area contributed by atoms with E-state index in [2.05, 4.69) is 11.4 Å². The minimum absolute atomic E-state index is 0.0647. The molecule has 0 spiro atoms. The molecular weight excluding hydrogens is 376 g/mol. The summed E-state index contributed by atoms with van der Waals surface area (Å²) >= 11 is 0. The first-order valence-corrected chi connectivity index (χ1v) is 10.9. The van der Waals surface area contributed by atoms with Crippen molar-refractivity contribution in [3.8, 4) is 5.75 Å². The molecule has 0 bridgehead atoms. The van der Waals surface area contributed by atoms with Gasteiger partial charge in [0.2, 0.25) is 5.91 Å². The van der Waals surface area contributed by atoms with Crippen LogP contribution in [0.4, 0.5) is 0 Å². The zero-order valence-electron chi connectivity index (χ0n) is 18.0. The molecule has 3 rings (SSSR count). The summed E-state index contributed by atoms with van der Waals surface area (Å²) in [5.74, 6) is 0.392. The molecule has 1 aliphatic rings. The molecule has 160 valence electrons. The normalized spacial score (nSPS) is 14.9. The minimum atomic E-state index is -0.516. The number of carbonyl (C=O) groups excluding carboxylic acids is 2. The van der Waals surface area contributed by atoms with Crippen LogP contribution < -0.4 is 10.1 Å². The first-order valence-electron chi connectivity index (χ1n) is 10.9. The van der Waals surface area contributed by atoms with E-state index in [-0.39, 0.29) is 24.5 Å². The Morgan fingerprint density at radius 1 is 1.10 bits per heavy atom. The SMILES string of the molecule is CCC(C(=O)NC1CCCC1)N(Cc1cccc(C)c1)C(=O)COc1ccccc1. The largest absolute Gasteiger partial charge is 0.484 e. The molecule has 0 aliphatic heterocycles. The molecule has 0 radical (unpaired) electrons. The van der Waals surface area contributed by atoms with Gasteiger partial charge in [-0.05, 0) is 43.9 Å². The molecule has 5 nitrogen and oxygen atoms in total. The Bertz CT molecular complexity index is 831. The van der Waals surface area contributed by atoms with Gasteiger partial charge in [0.05, 0.1) is 0 Å². The van der Waals surface area contributed by atoms with Gasteiger partial charge in [0.1, 0.15) is 11.8 Å². The van der Waals surface area contributed by atoms with Gasteiger partial charge in [-0.25, -0.2) is 0 Å². The van der Waals surface area contributed by atoms with E-state index in [0.717, 1.165) is 36.8 Å². The van der Waals surface area contributed by atoms with Gasteiger partial charge in [0, 0.05) is 12.6 Å². The molecule has 1 aliphatic carbocycles. The molecule has 0 heterocycles. The average Bonchev–Trinajstić information content (AvgIpc) is 3.25. The summed E-state index contributed by atoms with van der Waals surface area (Å²) in [5, 5.41) is 3.16. The monoisotopic (exact) mass is 408 g/mol. The topological polar surface area (TPSA) is 58.6 Å². The van der Waals surface area contributed by atoms with Crippen LogP contribution in [-0.4, -0.2) is 35.4 Å². The summed E-state index contributed by atoms with van der Waals surface area (Å²) in [6.07, 6.45) is 4.90. The van der Waals surface area contributed by atoms with Gasteiger partial charge in [-0.1, -0.05) is 67.8 Å². The number of amides is 2. The van der Waals surface area contributed by atoms with Crippen LogP contribution in [0.2, 0.25) is 0 Å². The standard InChI is InChI=1S/C25H32N2O3/c1-3-23(25(29)26-21-12-7-8-13-21)27(17-20-11-9-10-19(2)16-20)24(28)18-30-22-14-5-4-6-15-22/h4-6,9-11,14-16,21,23H,3,7-8,12-13,17-18H2,1-2H3,(H,26,29). The van der Waals surface area contributed by atoms with Crippen LogP contribution in [0, 0.1) is 6.92 Å². The van der Waals surface area contributed by atoms with Crippen molar-refractivity contribution in [3.05, 3.63) is 65.7 Å². The fraction of sp³-hybridized carbons (Fsp3) is 0.440. The summed E-state index contributed by atoms with van der Waals surface area (Å²) in [5.41, 5.74) is 2.14. The average molecular weight is 409 g/mol. The Morgan fingerprint density at radius 2 is 1.83 bits per heavy atom. The zero-order chi connectivity index (χ0) is 21.3. The van der Waals surface area contributed by atoms with E-state index in [0.29, 0.717) is 18.7 Å². The molecule has 2 aromatic rings. The van der Waals surface area contributed by atoms with Crippen LogP contribution in [0.3, 0.4) is 0 Å². The van der Waals surface area contributed by atoms with Crippen molar-refractivity contribution in [2.24, 2.45) is 0 Å². The van der Waals surface area contributed by atoms with Gasteiger partial charge < -0.3 is 15.0 Å². The van der Waals surface area contributed by atoms with Crippen molar-refractivity contribution in [2.75, 3.05) is 6.61 Å². The fourth-order valence-electron chi connectivity index (χ4n) is 4.04. The first kappa shape index (κ1) is 21.9. The zero-order valence-corrected chi connectivity index (χ0v) is 18.0. The number of ether oxygens (including phenoxy) is 1. The lowest BCUT2D eigenvalue weighted by Gasteiger charge is -2.31. The predicted octanol–water partition coefficient (Wildman–Crippen LogP) is 4.24. The summed E-state index contributed by atoms with van der Waals surface area (Å²) in [7, 11) is 0. The number of nitrogens with one attached hydrogen (secondary N) is 1. The molecule has 2 aromatic carbocycles. The Morgan fingerprint density at radius 3 is 2.50 bits per heavy atom. The quantitative estimate of drug-likeness (QED) is 0.675. The Kier molecular flexibility index (Phi) is 7.89. The third-order valence-corrected chi connectivity index (χ3v) is 5.63. The van der Waals surface area contributed by atoms with Crippen LogP contribution >= 0.6 is 0 Å². The molecule has 5 heteroatoms. The molecule has 1 unspecified atom stereocenters. The summed E-state index contributed by atoms with van der Waals surface area (Å²) in [6.45, 7) is 4.27. The van der Waals surface area contributed by atoms with Crippen molar-refractivity contribution in [2.45, 2.75) is 64.6 Å². The Labute approximate surface area is 179 Å². The number of hydrogen-bond donors (Lipinski definition) is 1. The van der Waals surface area contributed by atoms with Gasteiger partial charge in [-0.2, -0.15) is 0 Å². The maximum atomic E-state index is 13.2. The molecular formula is C25H32N2O3. The van der Waals surface area contributed by atoms with Crippen molar-refractivity contribution in [3.63, 3.8) is 0 Å². The van der Waals surface area contributed by atoms with Crippen LogP contribution in [-0.2, 0) is 16.1 Å². The van der Waals surface area contributed by atoms with Crippen LogP contribution in [0.5, 0.6) is 5.75 Å². The van der Waals surface area contributed by atoms with Gasteiger partial charge >= 0.3 is 0 Å². The van der Waals surface area contributed by atoms with E-state index in [9.17, 15) is 9.59 Å². The number of para-hydroxylation sites is 1. The van der Waals surface area contributed by atoms with Crippen LogP contribution in [0.25, 0.3) is 0 Å². The summed E-state index contributed by atoms with van der Waals surface area (Å²) in [6, 6.07) is 17.0. The second kappa shape index (κ2) is 10.8. The van der Waals surface area contributed by atoms with Crippen molar-refractivity contribution >= 4 is 11.8 Å². The molecule has 1 fully saturated rings. The fourth-order valence-corrected chi connectivity index (χ4v) is 4.04. The van der Waals surface area contributed by atoms with Gasteiger partial charge in [0.15, 0.2) is 6.61 Å².